The van der Waals surface area contributed by atoms with E-state index in [1.165, 1.54) is 18.2 Å². The predicted octanol–water partition coefficient (Wildman–Crippen LogP) is 5.57. The number of amides is 1. The van der Waals surface area contributed by atoms with Gasteiger partial charge in [-0.2, -0.15) is 18.4 Å². The number of hydrogen-bond donors (Lipinski definition) is 2. The molecular weight excluding hydrogens is 439 g/mol. The van der Waals surface area contributed by atoms with Crippen molar-refractivity contribution in [3.05, 3.63) is 88.2 Å². The van der Waals surface area contributed by atoms with E-state index in [2.05, 4.69) is 17.9 Å². The molecule has 1 aliphatic heterocycles. The average molecular weight is 455 g/mol. The Labute approximate surface area is 187 Å². The lowest BCUT2D eigenvalue weighted by molar-refractivity contribution is -0.137. The molecule has 1 amide bonds. The van der Waals surface area contributed by atoms with Gasteiger partial charge < -0.3 is 14.6 Å². The third kappa shape index (κ3) is 3.97. The number of thiol groups is 1. The predicted molar refractivity (Wildman–Crippen MR) is 115 cm³/mol. The number of carbonyl (C=O) groups is 1. The molecule has 0 bridgehead atoms. The molecule has 1 unspecified atom stereocenters. The van der Waals surface area contributed by atoms with Gasteiger partial charge >= 0.3 is 6.18 Å². The number of carbonyl (C=O) groups excluding carboxylic acids is 1. The van der Waals surface area contributed by atoms with Gasteiger partial charge in [-0.05, 0) is 43.3 Å². The van der Waals surface area contributed by atoms with Crippen molar-refractivity contribution in [2.75, 3.05) is 4.90 Å². The molecule has 32 heavy (non-hydrogen) atoms. The summed E-state index contributed by atoms with van der Waals surface area (Å²) >= 11 is 4.41. The van der Waals surface area contributed by atoms with Gasteiger partial charge in [0.25, 0.3) is 5.91 Å². The van der Waals surface area contributed by atoms with Crippen molar-refractivity contribution >= 4 is 24.2 Å². The first-order chi connectivity index (χ1) is 15.2. The fraction of sp³-hybridized carbons (Fsp3) is 0.130. The molecule has 162 valence electrons. The summed E-state index contributed by atoms with van der Waals surface area (Å²) in [5, 5.41) is 12.2. The zero-order chi connectivity index (χ0) is 23.0. The third-order valence-corrected chi connectivity index (χ3v) is 5.44. The van der Waals surface area contributed by atoms with Crippen LogP contribution in [0, 0.1) is 18.3 Å². The van der Waals surface area contributed by atoms with Gasteiger partial charge in [0.15, 0.2) is 6.17 Å². The second kappa shape index (κ2) is 8.13. The van der Waals surface area contributed by atoms with E-state index >= 15 is 0 Å². The number of rotatable bonds is 3. The van der Waals surface area contributed by atoms with Crippen LogP contribution in [0.2, 0.25) is 0 Å². The molecule has 2 aromatic carbocycles. The summed E-state index contributed by atoms with van der Waals surface area (Å²) in [5.74, 6) is -0.141. The molecule has 4 rings (SSSR count). The van der Waals surface area contributed by atoms with E-state index in [1.54, 1.807) is 11.0 Å². The zero-order valence-corrected chi connectivity index (χ0v) is 17.5. The van der Waals surface area contributed by atoms with Crippen LogP contribution in [0.3, 0.4) is 0 Å². The fourth-order valence-electron chi connectivity index (χ4n) is 3.38. The van der Waals surface area contributed by atoms with Crippen LogP contribution in [0.25, 0.3) is 11.3 Å². The molecule has 1 aliphatic rings. The molecule has 0 saturated heterocycles. The van der Waals surface area contributed by atoms with Crippen LogP contribution in [0.1, 0.15) is 23.1 Å². The lowest BCUT2D eigenvalue weighted by atomic mass is 10.1. The number of halogens is 3. The Morgan fingerprint density at radius 1 is 1.12 bits per heavy atom. The maximum absolute atomic E-state index is 13.1. The largest absolute Gasteiger partial charge is 0.457 e. The van der Waals surface area contributed by atoms with Crippen LogP contribution in [0.15, 0.2) is 75.7 Å². The summed E-state index contributed by atoms with van der Waals surface area (Å²) in [7, 11) is 0. The van der Waals surface area contributed by atoms with Gasteiger partial charge in [0.2, 0.25) is 0 Å². The van der Waals surface area contributed by atoms with Crippen LogP contribution < -0.4 is 10.2 Å². The van der Waals surface area contributed by atoms with Crippen LogP contribution in [0.5, 0.6) is 0 Å². The van der Waals surface area contributed by atoms with Gasteiger partial charge in [-0.1, -0.05) is 29.8 Å². The monoisotopic (exact) mass is 455 g/mol. The van der Waals surface area contributed by atoms with Crippen molar-refractivity contribution in [3.63, 3.8) is 0 Å². The standard InChI is InChI=1S/C23H16F3N3O2S/c1-13-5-7-16(8-6-13)29-20(28-21(30)17(12-27)22(29)32)19-10-9-18(31-19)14-3-2-4-15(11-14)23(24,25)26/h2-11,20,32H,1H3,(H,28,30). The molecule has 9 heteroatoms. The lowest BCUT2D eigenvalue weighted by Gasteiger charge is -2.36. The highest BCUT2D eigenvalue weighted by Crippen LogP contribution is 2.38. The van der Waals surface area contributed by atoms with Crippen molar-refractivity contribution < 1.29 is 22.4 Å². The normalized spacial score (nSPS) is 16.7. The van der Waals surface area contributed by atoms with Gasteiger partial charge in [-0.3, -0.25) is 4.79 Å². The molecule has 1 N–H and O–H groups in total. The summed E-state index contributed by atoms with van der Waals surface area (Å²) in [6.45, 7) is 1.92. The Kier molecular flexibility index (Phi) is 5.48. The minimum atomic E-state index is -4.48. The van der Waals surface area contributed by atoms with Crippen molar-refractivity contribution in [2.45, 2.75) is 19.3 Å². The molecule has 0 aliphatic carbocycles. The van der Waals surface area contributed by atoms with Gasteiger partial charge in [-0.25, -0.2) is 0 Å². The maximum atomic E-state index is 13.1. The van der Waals surface area contributed by atoms with Crippen LogP contribution in [0.4, 0.5) is 18.9 Å². The highest BCUT2D eigenvalue weighted by atomic mass is 32.1. The molecule has 0 fully saturated rings. The molecule has 0 spiro atoms. The Morgan fingerprint density at radius 3 is 2.50 bits per heavy atom. The number of anilines is 1. The average Bonchev–Trinajstić information content (AvgIpc) is 3.24. The lowest BCUT2D eigenvalue weighted by Crippen LogP contribution is -2.45. The second-order valence-electron chi connectivity index (χ2n) is 7.17. The number of nitriles is 1. The summed E-state index contributed by atoms with van der Waals surface area (Å²) in [5.41, 5.74) is 0.959. The first-order valence-corrected chi connectivity index (χ1v) is 9.91. The number of furan rings is 1. The zero-order valence-electron chi connectivity index (χ0n) is 16.6. The molecule has 2 heterocycles. The topological polar surface area (TPSA) is 69.3 Å². The first-order valence-electron chi connectivity index (χ1n) is 9.46. The van der Waals surface area contributed by atoms with E-state index in [0.29, 0.717) is 5.69 Å². The van der Waals surface area contributed by atoms with E-state index < -0.39 is 23.8 Å². The molecule has 1 atom stereocenters. The Morgan fingerprint density at radius 2 is 1.84 bits per heavy atom. The number of nitrogens with zero attached hydrogens (tertiary/aromatic N) is 2. The molecule has 0 radical (unpaired) electrons. The molecule has 1 aromatic heterocycles. The molecule has 0 saturated carbocycles. The maximum Gasteiger partial charge on any atom is 0.416 e. The van der Waals surface area contributed by atoms with E-state index in [0.717, 1.165) is 17.7 Å². The summed E-state index contributed by atoms with van der Waals surface area (Å²) in [6.07, 6.45) is -5.33. The highest BCUT2D eigenvalue weighted by molar-refractivity contribution is 7.84. The quantitative estimate of drug-likeness (QED) is 0.507. The van der Waals surface area contributed by atoms with E-state index in [4.69, 9.17) is 4.42 Å². The summed E-state index contributed by atoms with van der Waals surface area (Å²) in [6, 6.07) is 17.1. The van der Waals surface area contributed by atoms with Gasteiger partial charge in [0.05, 0.1) is 10.6 Å². The van der Waals surface area contributed by atoms with Crippen molar-refractivity contribution in [3.8, 4) is 17.4 Å². The number of benzene rings is 2. The van der Waals surface area contributed by atoms with Crippen molar-refractivity contribution in [1.29, 1.82) is 5.26 Å². The highest BCUT2D eigenvalue weighted by Gasteiger charge is 2.36. The number of nitrogens with one attached hydrogen (secondary N) is 1. The minimum absolute atomic E-state index is 0.141. The molecular formula is C23H16F3N3O2S. The Bertz CT molecular complexity index is 1260. The SMILES string of the molecule is Cc1ccc(N2C(S)=C(C#N)C(=O)NC2c2ccc(-c3cccc(C(F)(F)F)c3)o2)cc1. The van der Waals surface area contributed by atoms with Gasteiger partial charge in [0.1, 0.15) is 23.2 Å². The van der Waals surface area contributed by atoms with Crippen LogP contribution in [-0.2, 0) is 11.0 Å². The summed E-state index contributed by atoms with van der Waals surface area (Å²) in [4.78, 5) is 14.1. The minimum Gasteiger partial charge on any atom is -0.457 e. The van der Waals surface area contributed by atoms with Crippen molar-refractivity contribution in [1.82, 2.24) is 5.32 Å². The van der Waals surface area contributed by atoms with Crippen LogP contribution in [-0.4, -0.2) is 5.91 Å². The summed E-state index contributed by atoms with van der Waals surface area (Å²) < 4.78 is 45.1. The number of alkyl halides is 3. The Balaban J connectivity index is 1.76. The third-order valence-electron chi connectivity index (χ3n) is 5.00. The second-order valence-corrected chi connectivity index (χ2v) is 7.60. The van der Waals surface area contributed by atoms with Crippen LogP contribution >= 0.6 is 12.6 Å². The number of hydrogen-bond acceptors (Lipinski definition) is 5. The van der Waals surface area contributed by atoms with E-state index in [1.807, 2.05) is 37.3 Å². The van der Waals surface area contributed by atoms with E-state index in [9.17, 15) is 23.2 Å². The molecule has 3 aromatic rings. The Hall–Kier alpha value is -3.64. The molecule has 5 nitrogen and oxygen atoms in total. The fourth-order valence-corrected chi connectivity index (χ4v) is 3.77. The first kappa shape index (κ1) is 21.6. The van der Waals surface area contributed by atoms with Crippen molar-refractivity contribution in [2.24, 2.45) is 0 Å². The van der Waals surface area contributed by atoms with Gasteiger partial charge in [0, 0.05) is 11.3 Å². The smallest absolute Gasteiger partial charge is 0.416 e. The number of aryl methyl sites for hydroxylation is 1. The van der Waals surface area contributed by atoms with E-state index in [-0.39, 0.29) is 27.7 Å². The van der Waals surface area contributed by atoms with Gasteiger partial charge in [-0.15, -0.1) is 12.6 Å².